The van der Waals surface area contributed by atoms with Gasteiger partial charge < -0.3 is 5.32 Å². The number of amides is 3. The Bertz CT molecular complexity index is 657. The van der Waals surface area contributed by atoms with Gasteiger partial charge in [-0.1, -0.05) is 42.5 Å². The topological polar surface area (TPSA) is 66.5 Å². The fourth-order valence-corrected chi connectivity index (χ4v) is 3.62. The van der Waals surface area contributed by atoms with E-state index in [4.69, 9.17) is 0 Å². The molecular weight excluding hydrogens is 316 g/mol. The number of likely N-dealkylation sites (tertiary alicyclic amines) is 1. The second kappa shape index (κ2) is 7.64. The molecule has 5 nitrogen and oxygen atoms in total. The number of aryl methyl sites for hydroxylation is 1. The van der Waals surface area contributed by atoms with Gasteiger partial charge in [-0.2, -0.15) is 0 Å². The molecule has 5 heteroatoms. The van der Waals surface area contributed by atoms with E-state index >= 15 is 0 Å². The number of hydrogen-bond donors (Lipinski definition) is 1. The van der Waals surface area contributed by atoms with Gasteiger partial charge in [0.25, 0.3) is 0 Å². The Labute approximate surface area is 148 Å². The minimum atomic E-state index is -0.748. The van der Waals surface area contributed by atoms with E-state index in [1.54, 1.807) is 6.92 Å². The Balaban J connectivity index is 1.50. The van der Waals surface area contributed by atoms with Crippen LogP contribution in [0.1, 0.15) is 31.7 Å². The average Bonchev–Trinajstić information content (AvgIpc) is 2.90. The average molecular weight is 340 g/mol. The van der Waals surface area contributed by atoms with E-state index in [-0.39, 0.29) is 29.6 Å². The molecule has 3 rings (SSSR count). The number of benzene rings is 1. The maximum absolute atomic E-state index is 12.5. The monoisotopic (exact) mass is 340 g/mol. The number of nitrogens with zero attached hydrogens (tertiary/aromatic N) is 1. The molecule has 2 aliphatic rings. The van der Waals surface area contributed by atoms with Crippen LogP contribution in [0.3, 0.4) is 0 Å². The number of carbonyl (C=O) groups excluding carboxylic acids is 3. The smallest absolute Gasteiger partial charge is 0.243 e. The van der Waals surface area contributed by atoms with E-state index in [0.29, 0.717) is 19.4 Å². The van der Waals surface area contributed by atoms with Gasteiger partial charge in [-0.3, -0.25) is 19.3 Å². The van der Waals surface area contributed by atoms with Crippen molar-refractivity contribution in [2.45, 2.75) is 38.6 Å². The quantitative estimate of drug-likeness (QED) is 0.490. The number of rotatable bonds is 6. The third-order valence-corrected chi connectivity index (χ3v) is 5.09. The molecule has 1 aromatic carbocycles. The highest BCUT2D eigenvalue weighted by atomic mass is 16.2. The number of fused-ring (bicyclic) bond motifs is 1. The van der Waals surface area contributed by atoms with E-state index in [2.05, 4.69) is 17.4 Å². The molecule has 132 valence electrons. The predicted molar refractivity (Wildman–Crippen MR) is 94.4 cm³/mol. The van der Waals surface area contributed by atoms with Gasteiger partial charge in [0.15, 0.2) is 0 Å². The number of allylic oxidation sites excluding steroid dienone is 2. The van der Waals surface area contributed by atoms with Crippen LogP contribution in [0.2, 0.25) is 0 Å². The van der Waals surface area contributed by atoms with Gasteiger partial charge >= 0.3 is 0 Å². The summed E-state index contributed by atoms with van der Waals surface area (Å²) in [6.45, 7) is 2.16. The molecule has 0 aromatic heterocycles. The summed E-state index contributed by atoms with van der Waals surface area (Å²) in [5.74, 6) is -1.24. The first kappa shape index (κ1) is 17.4. The van der Waals surface area contributed by atoms with Crippen LogP contribution in [0.4, 0.5) is 0 Å². The van der Waals surface area contributed by atoms with Crippen LogP contribution in [0.25, 0.3) is 0 Å². The van der Waals surface area contributed by atoms with E-state index < -0.39 is 6.04 Å². The lowest BCUT2D eigenvalue weighted by molar-refractivity contribution is -0.147. The lowest BCUT2D eigenvalue weighted by atomic mass is 9.85. The van der Waals surface area contributed by atoms with E-state index in [9.17, 15) is 14.4 Å². The van der Waals surface area contributed by atoms with Crippen LogP contribution in [0, 0.1) is 11.8 Å². The highest BCUT2D eigenvalue weighted by Crippen LogP contribution is 2.36. The highest BCUT2D eigenvalue weighted by Gasteiger charge is 2.49. The largest absolute Gasteiger partial charge is 0.354 e. The summed E-state index contributed by atoms with van der Waals surface area (Å²) in [7, 11) is 0. The van der Waals surface area contributed by atoms with Crippen molar-refractivity contribution in [3.05, 3.63) is 48.0 Å². The van der Waals surface area contributed by atoms with Crippen LogP contribution in [-0.2, 0) is 20.8 Å². The zero-order valence-electron chi connectivity index (χ0n) is 14.5. The molecule has 1 aliphatic carbocycles. The first-order chi connectivity index (χ1) is 12.1. The Morgan fingerprint density at radius 3 is 2.32 bits per heavy atom. The van der Waals surface area contributed by atoms with Gasteiger partial charge in [0.2, 0.25) is 17.7 Å². The van der Waals surface area contributed by atoms with Crippen molar-refractivity contribution in [1.29, 1.82) is 0 Å². The zero-order valence-corrected chi connectivity index (χ0v) is 14.5. The number of carbonyl (C=O) groups is 3. The minimum Gasteiger partial charge on any atom is -0.354 e. The van der Waals surface area contributed by atoms with E-state index in [1.807, 2.05) is 30.4 Å². The second-order valence-electron chi connectivity index (χ2n) is 6.76. The highest BCUT2D eigenvalue weighted by molar-refractivity contribution is 6.08. The minimum absolute atomic E-state index is 0.203. The molecule has 1 heterocycles. The molecule has 3 amide bonds. The molecule has 1 fully saturated rings. The SMILES string of the molecule is CC(C(=O)NCCCc1ccccc1)N1C(=O)C2CC=CCC2C1=O. The second-order valence-corrected chi connectivity index (χ2v) is 6.76. The summed E-state index contributed by atoms with van der Waals surface area (Å²) in [6.07, 6.45) is 6.79. The molecule has 0 radical (unpaired) electrons. The third kappa shape index (κ3) is 3.65. The fourth-order valence-electron chi connectivity index (χ4n) is 3.62. The molecular formula is C20H24N2O3. The summed E-state index contributed by atoms with van der Waals surface area (Å²) in [5, 5.41) is 2.85. The first-order valence-electron chi connectivity index (χ1n) is 8.93. The van der Waals surface area contributed by atoms with Gasteiger partial charge in [-0.05, 0) is 38.2 Å². The van der Waals surface area contributed by atoms with Crippen molar-refractivity contribution in [2.75, 3.05) is 6.54 Å². The molecule has 3 unspecified atom stereocenters. The molecule has 0 spiro atoms. The summed E-state index contributed by atoms with van der Waals surface area (Å²) >= 11 is 0. The van der Waals surface area contributed by atoms with Gasteiger partial charge in [0.05, 0.1) is 11.8 Å². The van der Waals surface area contributed by atoms with Crippen molar-refractivity contribution in [1.82, 2.24) is 10.2 Å². The van der Waals surface area contributed by atoms with Crippen LogP contribution < -0.4 is 5.32 Å². The lowest BCUT2D eigenvalue weighted by Gasteiger charge is -2.22. The standard InChI is InChI=1S/C20H24N2O3/c1-14(18(23)21-13-7-10-15-8-3-2-4-9-15)22-19(24)16-11-5-6-12-17(16)20(22)25/h2-6,8-9,14,16-17H,7,10-13H2,1H3,(H,21,23). The maximum Gasteiger partial charge on any atom is 0.243 e. The first-order valence-corrected chi connectivity index (χ1v) is 8.93. The zero-order chi connectivity index (χ0) is 17.8. The van der Waals surface area contributed by atoms with Crippen molar-refractivity contribution in [2.24, 2.45) is 11.8 Å². The van der Waals surface area contributed by atoms with Gasteiger partial charge in [0.1, 0.15) is 6.04 Å². The van der Waals surface area contributed by atoms with E-state index in [1.165, 1.54) is 10.5 Å². The number of imide groups is 1. The molecule has 25 heavy (non-hydrogen) atoms. The molecule has 1 saturated heterocycles. The van der Waals surface area contributed by atoms with Crippen LogP contribution in [-0.4, -0.2) is 35.2 Å². The molecule has 1 aromatic rings. The van der Waals surface area contributed by atoms with Gasteiger partial charge in [-0.25, -0.2) is 0 Å². The third-order valence-electron chi connectivity index (χ3n) is 5.09. The van der Waals surface area contributed by atoms with Crippen LogP contribution in [0.5, 0.6) is 0 Å². The molecule has 3 atom stereocenters. The summed E-state index contributed by atoms with van der Waals surface area (Å²) in [6, 6.07) is 9.33. The van der Waals surface area contributed by atoms with Crippen molar-refractivity contribution in [3.63, 3.8) is 0 Å². The van der Waals surface area contributed by atoms with Gasteiger partial charge in [-0.15, -0.1) is 0 Å². The number of hydrogen-bond acceptors (Lipinski definition) is 3. The summed E-state index contributed by atoms with van der Waals surface area (Å²) in [4.78, 5) is 38.5. The van der Waals surface area contributed by atoms with Crippen LogP contribution in [0.15, 0.2) is 42.5 Å². The fraction of sp³-hybridized carbons (Fsp3) is 0.450. The Hall–Kier alpha value is -2.43. The van der Waals surface area contributed by atoms with E-state index in [0.717, 1.165) is 12.8 Å². The van der Waals surface area contributed by atoms with Crippen molar-refractivity contribution < 1.29 is 14.4 Å². The molecule has 1 aliphatic heterocycles. The lowest BCUT2D eigenvalue weighted by Crippen LogP contribution is -2.48. The molecule has 0 bridgehead atoms. The Morgan fingerprint density at radius 2 is 1.72 bits per heavy atom. The predicted octanol–water partition coefficient (Wildman–Crippen LogP) is 2.08. The van der Waals surface area contributed by atoms with Crippen molar-refractivity contribution >= 4 is 17.7 Å². The number of nitrogens with one attached hydrogen (secondary N) is 1. The summed E-state index contributed by atoms with van der Waals surface area (Å²) in [5.41, 5.74) is 1.23. The molecule has 1 N–H and O–H groups in total. The Morgan fingerprint density at radius 1 is 1.12 bits per heavy atom. The normalized spacial score (nSPS) is 23.5. The Kier molecular flexibility index (Phi) is 5.31. The van der Waals surface area contributed by atoms with Crippen LogP contribution >= 0.6 is 0 Å². The van der Waals surface area contributed by atoms with Gasteiger partial charge in [0, 0.05) is 6.54 Å². The van der Waals surface area contributed by atoms with Crippen molar-refractivity contribution in [3.8, 4) is 0 Å². The summed E-state index contributed by atoms with van der Waals surface area (Å²) < 4.78 is 0. The molecule has 0 saturated carbocycles. The maximum atomic E-state index is 12.5.